The zero-order valence-corrected chi connectivity index (χ0v) is 17.4. The Morgan fingerprint density at radius 1 is 1.00 bits per heavy atom. The molecule has 140 valence electrons. The molecule has 4 heterocycles. The molecule has 4 saturated heterocycles. The van der Waals surface area contributed by atoms with Gasteiger partial charge in [0.1, 0.15) is 14.2 Å². The van der Waals surface area contributed by atoms with Crippen LogP contribution in [0.2, 0.25) is 19.6 Å². The smallest absolute Gasteiger partial charge is 0.201 e. The van der Waals surface area contributed by atoms with E-state index in [1.807, 2.05) is 6.92 Å². The van der Waals surface area contributed by atoms with Crippen molar-refractivity contribution in [3.63, 3.8) is 0 Å². The lowest BCUT2D eigenvalue weighted by molar-refractivity contribution is -0.569. The molecule has 5 aliphatic rings. The molecule has 8 atom stereocenters. The van der Waals surface area contributed by atoms with Crippen molar-refractivity contribution in [3.8, 4) is 11.5 Å². The van der Waals surface area contributed by atoms with Crippen molar-refractivity contribution in [1.82, 2.24) is 0 Å². The van der Waals surface area contributed by atoms with Gasteiger partial charge in [0.15, 0.2) is 11.9 Å². The first kappa shape index (κ1) is 18.0. The third-order valence-electron chi connectivity index (χ3n) is 6.75. The fraction of sp³-hybridized carbons (Fsp3) is 0.900. The SMILES string of the molecule is C[C@H]1[C@@H](C#C[Si](C)(C)C)O[C@@H]2OC3(C)CC[C@H]4[C@H](C)CC[C@@H]1[C@@]24OO3. The molecule has 1 unspecified atom stereocenters. The highest BCUT2D eigenvalue weighted by Gasteiger charge is 2.69. The number of fused-ring (bicyclic) bond motifs is 2. The molecular formula is C20H32O4Si. The summed E-state index contributed by atoms with van der Waals surface area (Å²) in [6.07, 6.45) is 3.86. The first-order valence-corrected chi connectivity index (χ1v) is 13.4. The Balaban J connectivity index is 1.73. The molecule has 1 aliphatic carbocycles. The zero-order chi connectivity index (χ0) is 18.0. The standard InChI is InChI=1S/C20H32O4Si/c1-13-7-8-16-14(2)17(10-12-25(4,5)6)21-18-20(16)15(13)9-11-19(3,22-18)23-24-20/h13-18H,7-9,11H2,1-6H3/t13-,14-,15+,16+,17-,18-,19?,20-/m1/s1. The minimum Gasteiger partial charge on any atom is -0.333 e. The van der Waals surface area contributed by atoms with Crippen LogP contribution in [0.5, 0.6) is 0 Å². The molecule has 2 bridgehead atoms. The van der Waals surface area contributed by atoms with Gasteiger partial charge in [-0.05, 0) is 43.9 Å². The van der Waals surface area contributed by atoms with Crippen LogP contribution in [0.15, 0.2) is 0 Å². The Kier molecular flexibility index (Phi) is 4.18. The Morgan fingerprint density at radius 3 is 2.48 bits per heavy atom. The summed E-state index contributed by atoms with van der Waals surface area (Å²) in [5, 5.41) is 0. The van der Waals surface area contributed by atoms with Crippen LogP contribution in [0.1, 0.15) is 46.5 Å². The normalized spacial score (nSPS) is 51.9. The molecule has 0 N–H and O–H groups in total. The third kappa shape index (κ3) is 2.81. The molecular weight excluding hydrogens is 332 g/mol. The van der Waals surface area contributed by atoms with Crippen molar-refractivity contribution in [2.75, 3.05) is 0 Å². The van der Waals surface area contributed by atoms with Gasteiger partial charge in [-0.15, -0.1) is 5.54 Å². The lowest BCUT2D eigenvalue weighted by Crippen LogP contribution is -2.70. The van der Waals surface area contributed by atoms with Crippen molar-refractivity contribution in [2.24, 2.45) is 23.7 Å². The van der Waals surface area contributed by atoms with Crippen LogP contribution in [-0.2, 0) is 19.2 Å². The quantitative estimate of drug-likeness (QED) is 0.368. The Morgan fingerprint density at radius 2 is 1.76 bits per heavy atom. The van der Waals surface area contributed by atoms with Crippen molar-refractivity contribution in [3.05, 3.63) is 0 Å². The molecule has 0 aromatic rings. The van der Waals surface area contributed by atoms with Crippen molar-refractivity contribution >= 4 is 8.07 Å². The van der Waals surface area contributed by atoms with Gasteiger partial charge in [-0.2, -0.15) is 0 Å². The van der Waals surface area contributed by atoms with E-state index in [1.54, 1.807) is 0 Å². The summed E-state index contributed by atoms with van der Waals surface area (Å²) >= 11 is 0. The van der Waals surface area contributed by atoms with Gasteiger partial charge >= 0.3 is 0 Å². The predicted molar refractivity (Wildman–Crippen MR) is 98.0 cm³/mol. The van der Waals surface area contributed by atoms with Gasteiger partial charge in [0.2, 0.25) is 5.79 Å². The molecule has 4 nitrogen and oxygen atoms in total. The highest BCUT2D eigenvalue weighted by Crippen LogP contribution is 2.60. The van der Waals surface area contributed by atoms with E-state index in [4.69, 9.17) is 19.2 Å². The first-order chi connectivity index (χ1) is 11.6. The third-order valence-corrected chi connectivity index (χ3v) is 7.64. The molecule has 5 heteroatoms. The number of hydrogen-bond donors (Lipinski definition) is 0. The fourth-order valence-electron chi connectivity index (χ4n) is 5.36. The number of rotatable bonds is 0. The topological polar surface area (TPSA) is 36.9 Å². The maximum atomic E-state index is 6.47. The van der Waals surface area contributed by atoms with Crippen molar-refractivity contribution in [1.29, 1.82) is 0 Å². The Hall–Kier alpha value is -0.383. The maximum Gasteiger partial charge on any atom is 0.201 e. The summed E-state index contributed by atoms with van der Waals surface area (Å²) < 4.78 is 12.8. The molecule has 1 saturated carbocycles. The zero-order valence-electron chi connectivity index (χ0n) is 16.4. The van der Waals surface area contributed by atoms with Gasteiger partial charge in [0, 0.05) is 12.3 Å². The minimum absolute atomic E-state index is 0.0760. The van der Waals surface area contributed by atoms with E-state index in [9.17, 15) is 0 Å². The summed E-state index contributed by atoms with van der Waals surface area (Å²) in [4.78, 5) is 12.0. The van der Waals surface area contributed by atoms with Crippen molar-refractivity contribution in [2.45, 2.75) is 89.9 Å². The average molecular weight is 365 g/mol. The fourth-order valence-corrected chi connectivity index (χ4v) is 5.93. The van der Waals surface area contributed by atoms with E-state index < -0.39 is 19.5 Å². The summed E-state index contributed by atoms with van der Waals surface area (Å²) in [5.74, 6) is 4.49. The van der Waals surface area contributed by atoms with E-state index in [0.29, 0.717) is 23.7 Å². The van der Waals surface area contributed by atoms with Crippen LogP contribution in [0.3, 0.4) is 0 Å². The van der Waals surface area contributed by atoms with E-state index in [2.05, 4.69) is 45.0 Å². The highest BCUT2D eigenvalue weighted by atomic mass is 28.3. The van der Waals surface area contributed by atoms with Gasteiger partial charge < -0.3 is 9.47 Å². The van der Waals surface area contributed by atoms with Gasteiger partial charge in [0.05, 0.1) is 0 Å². The molecule has 0 aromatic heterocycles. The number of hydrogen-bond acceptors (Lipinski definition) is 4. The van der Waals surface area contributed by atoms with Crippen LogP contribution in [-0.4, -0.2) is 31.9 Å². The van der Waals surface area contributed by atoms with Gasteiger partial charge in [-0.25, -0.2) is 9.78 Å². The molecule has 0 aromatic carbocycles. The second-order valence-electron chi connectivity index (χ2n) is 9.85. The molecule has 4 aliphatic heterocycles. The molecule has 0 radical (unpaired) electrons. The lowest BCUT2D eigenvalue weighted by atomic mass is 9.57. The minimum atomic E-state index is -1.44. The molecule has 0 amide bonds. The van der Waals surface area contributed by atoms with Gasteiger partial charge in [-0.1, -0.05) is 39.4 Å². The maximum absolute atomic E-state index is 6.47. The van der Waals surface area contributed by atoms with E-state index in [-0.39, 0.29) is 12.4 Å². The second-order valence-corrected chi connectivity index (χ2v) is 14.6. The van der Waals surface area contributed by atoms with Crippen LogP contribution < -0.4 is 0 Å². The summed E-state index contributed by atoms with van der Waals surface area (Å²) in [6.45, 7) is 13.4. The van der Waals surface area contributed by atoms with Crippen LogP contribution >= 0.6 is 0 Å². The molecule has 5 rings (SSSR count). The van der Waals surface area contributed by atoms with Crippen LogP contribution in [0, 0.1) is 35.1 Å². The van der Waals surface area contributed by atoms with Crippen LogP contribution in [0.4, 0.5) is 0 Å². The number of ether oxygens (including phenoxy) is 2. The Labute approximate surface area is 152 Å². The highest BCUT2D eigenvalue weighted by molar-refractivity contribution is 6.83. The summed E-state index contributed by atoms with van der Waals surface area (Å²) in [5.41, 5.74) is 3.04. The van der Waals surface area contributed by atoms with E-state index >= 15 is 0 Å². The van der Waals surface area contributed by atoms with Crippen molar-refractivity contribution < 1.29 is 19.2 Å². The molecule has 5 fully saturated rings. The monoisotopic (exact) mass is 364 g/mol. The van der Waals surface area contributed by atoms with Gasteiger partial charge in [0.25, 0.3) is 0 Å². The molecule has 1 spiro atoms. The molecule has 25 heavy (non-hydrogen) atoms. The Bertz CT molecular complexity index is 605. The largest absolute Gasteiger partial charge is 0.333 e. The predicted octanol–water partition coefficient (Wildman–Crippen LogP) is 4.12. The van der Waals surface area contributed by atoms with E-state index in [1.165, 1.54) is 6.42 Å². The van der Waals surface area contributed by atoms with E-state index in [0.717, 1.165) is 19.3 Å². The summed E-state index contributed by atoms with van der Waals surface area (Å²) in [6, 6.07) is 0. The van der Waals surface area contributed by atoms with Crippen LogP contribution in [0.25, 0.3) is 0 Å². The summed E-state index contributed by atoms with van der Waals surface area (Å²) in [7, 11) is -1.44. The average Bonchev–Trinajstić information content (AvgIpc) is 2.75. The first-order valence-electron chi connectivity index (χ1n) is 9.87. The lowest BCUT2D eigenvalue weighted by Gasteiger charge is -2.59. The second kappa shape index (κ2) is 5.81. The van der Waals surface area contributed by atoms with Gasteiger partial charge in [-0.3, -0.25) is 0 Å².